The molecule has 1 aromatic heterocycles. The molecule has 0 spiro atoms. The molecule has 10 heteroatoms. The lowest BCUT2D eigenvalue weighted by molar-refractivity contribution is -0.122. The molecule has 6 nitrogen and oxygen atoms in total. The van der Waals surface area contributed by atoms with Gasteiger partial charge in [-0.3, -0.25) is 9.69 Å². The van der Waals surface area contributed by atoms with E-state index in [0.29, 0.717) is 38.1 Å². The number of tetrazole rings is 1. The van der Waals surface area contributed by atoms with Crippen LogP contribution in [0.25, 0.3) is 17.2 Å². The zero-order valence-electron chi connectivity index (χ0n) is 16.2. The van der Waals surface area contributed by atoms with Gasteiger partial charge in [0.15, 0.2) is 5.82 Å². The number of unbranched alkanes of at least 4 members (excludes halogenated alkanes) is 1. The predicted octanol–water partition coefficient (Wildman–Crippen LogP) is 5.40. The van der Waals surface area contributed by atoms with E-state index < -0.39 is 0 Å². The lowest BCUT2D eigenvalue weighted by atomic mass is 10.0. The number of nitrogens with one attached hydrogen (secondary N) is 1. The SMILES string of the molecule is O=C1/C(=C/c2cccc(-c3ccc(Cl)cc3Cl)c2)SC(=S)N1CCCCc1nn[nH]n1. The van der Waals surface area contributed by atoms with Gasteiger partial charge in [-0.2, -0.15) is 5.21 Å². The first-order valence-corrected chi connectivity index (χ1v) is 11.5. The molecule has 4 rings (SSSR count). The molecule has 1 aliphatic rings. The van der Waals surface area contributed by atoms with Gasteiger partial charge in [0.25, 0.3) is 5.91 Å². The quantitative estimate of drug-likeness (QED) is 0.272. The summed E-state index contributed by atoms with van der Waals surface area (Å²) in [6, 6.07) is 13.3. The van der Waals surface area contributed by atoms with Crippen molar-refractivity contribution < 1.29 is 4.79 Å². The number of rotatable bonds is 7. The van der Waals surface area contributed by atoms with Crippen LogP contribution in [0.1, 0.15) is 24.2 Å². The maximum absolute atomic E-state index is 12.9. The average Bonchev–Trinajstić information content (AvgIpc) is 3.35. The number of thiocarbonyl (C=S) groups is 1. The summed E-state index contributed by atoms with van der Waals surface area (Å²) >= 11 is 19.1. The minimum Gasteiger partial charge on any atom is -0.293 e. The number of carbonyl (C=O) groups is 1. The number of aryl methyl sites for hydroxylation is 1. The van der Waals surface area contributed by atoms with E-state index in [2.05, 4.69) is 20.6 Å². The molecule has 0 unspecified atom stereocenters. The highest BCUT2D eigenvalue weighted by atomic mass is 35.5. The summed E-state index contributed by atoms with van der Waals surface area (Å²) in [5.41, 5.74) is 2.74. The molecule has 1 aliphatic heterocycles. The summed E-state index contributed by atoms with van der Waals surface area (Å²) in [5.74, 6) is 0.607. The number of benzene rings is 2. The molecule has 2 aromatic carbocycles. The molecule has 0 aliphatic carbocycles. The molecule has 1 amide bonds. The predicted molar refractivity (Wildman–Crippen MR) is 129 cm³/mol. The van der Waals surface area contributed by atoms with E-state index in [1.807, 2.05) is 36.4 Å². The minimum atomic E-state index is -0.0653. The molecule has 0 radical (unpaired) electrons. The Labute approximate surface area is 199 Å². The van der Waals surface area contributed by atoms with Gasteiger partial charge in [-0.05, 0) is 48.2 Å². The van der Waals surface area contributed by atoms with Crippen LogP contribution < -0.4 is 0 Å². The van der Waals surface area contributed by atoms with Crippen molar-refractivity contribution in [3.05, 3.63) is 68.8 Å². The molecule has 0 saturated carbocycles. The van der Waals surface area contributed by atoms with Crippen molar-refractivity contribution in [3.63, 3.8) is 0 Å². The maximum Gasteiger partial charge on any atom is 0.266 e. The molecule has 0 bridgehead atoms. The molecule has 2 heterocycles. The lowest BCUT2D eigenvalue weighted by Crippen LogP contribution is -2.29. The molecule has 31 heavy (non-hydrogen) atoms. The van der Waals surface area contributed by atoms with Gasteiger partial charge >= 0.3 is 0 Å². The first-order valence-electron chi connectivity index (χ1n) is 9.54. The second-order valence-corrected chi connectivity index (χ2v) is 9.39. The van der Waals surface area contributed by atoms with Crippen LogP contribution in [-0.4, -0.2) is 42.3 Å². The van der Waals surface area contributed by atoms with Crippen LogP contribution in [0.5, 0.6) is 0 Å². The van der Waals surface area contributed by atoms with Crippen LogP contribution in [0.4, 0.5) is 0 Å². The summed E-state index contributed by atoms with van der Waals surface area (Å²) in [7, 11) is 0. The van der Waals surface area contributed by atoms with Gasteiger partial charge < -0.3 is 0 Å². The summed E-state index contributed by atoms with van der Waals surface area (Å²) < 4.78 is 0.577. The normalized spacial score (nSPS) is 15.3. The lowest BCUT2D eigenvalue weighted by Gasteiger charge is -2.13. The van der Waals surface area contributed by atoms with Gasteiger partial charge in [-0.15, -0.1) is 10.2 Å². The largest absolute Gasteiger partial charge is 0.293 e. The molecule has 1 saturated heterocycles. The van der Waals surface area contributed by atoms with Gasteiger partial charge in [-0.1, -0.05) is 76.7 Å². The summed E-state index contributed by atoms with van der Waals surface area (Å²) in [5, 5.41) is 15.0. The summed E-state index contributed by atoms with van der Waals surface area (Å²) in [6.07, 6.45) is 4.23. The number of carbonyl (C=O) groups excluding carboxylic acids is 1. The Morgan fingerprint density at radius 2 is 2.03 bits per heavy atom. The average molecular weight is 490 g/mol. The topological polar surface area (TPSA) is 74.8 Å². The number of hydrogen-bond acceptors (Lipinski definition) is 6. The number of halogens is 2. The van der Waals surface area contributed by atoms with Gasteiger partial charge in [0.2, 0.25) is 0 Å². The summed E-state index contributed by atoms with van der Waals surface area (Å²) in [4.78, 5) is 15.1. The fraction of sp³-hybridized carbons (Fsp3) is 0.190. The first kappa shape index (κ1) is 22.0. The Balaban J connectivity index is 1.44. The van der Waals surface area contributed by atoms with Crippen molar-refractivity contribution in [1.82, 2.24) is 25.5 Å². The third-order valence-electron chi connectivity index (χ3n) is 4.72. The smallest absolute Gasteiger partial charge is 0.266 e. The molecular weight excluding hydrogens is 473 g/mol. The van der Waals surface area contributed by atoms with Gasteiger partial charge in [0.1, 0.15) is 4.32 Å². The van der Waals surface area contributed by atoms with Crippen molar-refractivity contribution in [2.24, 2.45) is 0 Å². The van der Waals surface area contributed by atoms with Crippen molar-refractivity contribution in [2.75, 3.05) is 6.54 Å². The number of aromatic nitrogens is 4. The Morgan fingerprint density at radius 1 is 1.16 bits per heavy atom. The molecule has 1 fully saturated rings. The van der Waals surface area contributed by atoms with E-state index in [1.54, 1.807) is 17.0 Å². The van der Waals surface area contributed by atoms with Gasteiger partial charge in [0, 0.05) is 28.6 Å². The second-order valence-electron chi connectivity index (χ2n) is 6.87. The maximum atomic E-state index is 12.9. The Kier molecular flexibility index (Phi) is 7.02. The Hall–Kier alpha value is -2.26. The van der Waals surface area contributed by atoms with Crippen LogP contribution in [0, 0.1) is 0 Å². The number of amides is 1. The number of thioether (sulfide) groups is 1. The highest BCUT2D eigenvalue weighted by molar-refractivity contribution is 8.26. The number of H-pyrrole nitrogens is 1. The van der Waals surface area contributed by atoms with Crippen LogP contribution in [0.15, 0.2) is 47.4 Å². The standard InChI is InChI=1S/C21H17Cl2N5OS2/c22-15-7-8-16(17(23)12-15)14-5-3-4-13(10-14)11-18-20(29)28(21(30)31-18)9-2-1-6-19-24-26-27-25-19/h3-5,7-8,10-12H,1-2,6,9H2,(H,24,25,26,27)/b18-11-. The fourth-order valence-corrected chi connectivity index (χ4v) is 5.03. The second kappa shape index (κ2) is 9.91. The van der Waals surface area contributed by atoms with Gasteiger partial charge in [0.05, 0.1) is 4.91 Å². The van der Waals surface area contributed by atoms with Crippen LogP contribution >= 0.6 is 47.2 Å². The molecule has 1 N–H and O–H groups in total. The van der Waals surface area contributed by atoms with E-state index in [0.717, 1.165) is 29.5 Å². The van der Waals surface area contributed by atoms with E-state index in [9.17, 15) is 4.79 Å². The highest BCUT2D eigenvalue weighted by Gasteiger charge is 2.31. The Morgan fingerprint density at radius 3 is 2.81 bits per heavy atom. The number of nitrogens with zero attached hydrogens (tertiary/aromatic N) is 4. The Bertz CT molecular complexity index is 1150. The van der Waals surface area contributed by atoms with Crippen molar-refractivity contribution in [1.29, 1.82) is 0 Å². The van der Waals surface area contributed by atoms with E-state index in [4.69, 9.17) is 35.4 Å². The van der Waals surface area contributed by atoms with Crippen molar-refractivity contribution >= 4 is 63.5 Å². The zero-order chi connectivity index (χ0) is 21.8. The molecule has 158 valence electrons. The number of aromatic amines is 1. The zero-order valence-corrected chi connectivity index (χ0v) is 19.4. The van der Waals surface area contributed by atoms with E-state index >= 15 is 0 Å². The third kappa shape index (κ3) is 5.33. The minimum absolute atomic E-state index is 0.0653. The molecule has 0 atom stereocenters. The fourth-order valence-electron chi connectivity index (χ4n) is 3.21. The highest BCUT2D eigenvalue weighted by Crippen LogP contribution is 2.34. The van der Waals surface area contributed by atoms with Crippen LogP contribution in [-0.2, 0) is 11.2 Å². The van der Waals surface area contributed by atoms with Crippen LogP contribution in [0.3, 0.4) is 0 Å². The van der Waals surface area contributed by atoms with Crippen LogP contribution in [0.2, 0.25) is 10.0 Å². The number of hydrogen-bond donors (Lipinski definition) is 1. The van der Waals surface area contributed by atoms with Crippen molar-refractivity contribution in [3.8, 4) is 11.1 Å². The molecular formula is C21H17Cl2N5OS2. The van der Waals surface area contributed by atoms with E-state index in [-0.39, 0.29) is 5.91 Å². The molecule has 3 aromatic rings. The first-order chi connectivity index (χ1) is 15.0. The third-order valence-corrected chi connectivity index (χ3v) is 6.65. The monoisotopic (exact) mass is 489 g/mol. The van der Waals surface area contributed by atoms with E-state index in [1.165, 1.54) is 11.8 Å². The summed E-state index contributed by atoms with van der Waals surface area (Å²) in [6.45, 7) is 0.570. The van der Waals surface area contributed by atoms with Gasteiger partial charge in [-0.25, -0.2) is 0 Å². The van der Waals surface area contributed by atoms with Crippen molar-refractivity contribution in [2.45, 2.75) is 19.3 Å².